The number of ether oxygens (including phenoxy) is 1. The smallest absolute Gasteiger partial charge is 0.275 e. The highest BCUT2D eigenvalue weighted by Gasteiger charge is 2.16. The molecule has 1 saturated heterocycles. The molecule has 0 aromatic carbocycles. The van der Waals surface area contributed by atoms with Gasteiger partial charge in [-0.25, -0.2) is 15.3 Å². The fourth-order valence-electron chi connectivity index (χ4n) is 1.53. The molecule has 1 aromatic rings. The second-order valence-electron chi connectivity index (χ2n) is 3.71. The van der Waals surface area contributed by atoms with E-state index in [2.05, 4.69) is 10.5 Å². The van der Waals surface area contributed by atoms with Crippen LogP contribution in [0.1, 0.15) is 29.6 Å². The Morgan fingerprint density at radius 2 is 2.47 bits per heavy atom. The van der Waals surface area contributed by atoms with Gasteiger partial charge in [-0.3, -0.25) is 4.79 Å². The zero-order chi connectivity index (χ0) is 12.1. The summed E-state index contributed by atoms with van der Waals surface area (Å²) in [7, 11) is 0. The van der Waals surface area contributed by atoms with Crippen LogP contribution in [0.5, 0.6) is 0 Å². The fraction of sp³-hybridized carbons (Fsp3) is 0.455. The molecule has 2 rings (SSSR count). The first-order valence-corrected chi connectivity index (χ1v) is 5.82. The molecule has 0 saturated carbocycles. The van der Waals surface area contributed by atoms with Crippen molar-refractivity contribution in [1.82, 2.24) is 10.5 Å². The van der Waals surface area contributed by atoms with E-state index in [-0.39, 0.29) is 17.4 Å². The van der Waals surface area contributed by atoms with E-state index in [1.165, 1.54) is 12.3 Å². The Morgan fingerprint density at radius 3 is 3.18 bits per heavy atom. The number of hydrogen-bond donors (Lipinski definition) is 1. The molecule has 5 nitrogen and oxygen atoms in total. The Balaban J connectivity index is 1.84. The van der Waals surface area contributed by atoms with Crippen LogP contribution in [0.2, 0.25) is 5.15 Å². The molecular weight excluding hydrogens is 244 g/mol. The number of hydrogen-bond acceptors (Lipinski definition) is 4. The van der Waals surface area contributed by atoms with Crippen LogP contribution in [0.15, 0.2) is 18.3 Å². The summed E-state index contributed by atoms with van der Waals surface area (Å²) in [4.78, 5) is 20.6. The minimum atomic E-state index is -0.358. The van der Waals surface area contributed by atoms with Gasteiger partial charge < -0.3 is 4.74 Å². The second-order valence-corrected chi connectivity index (χ2v) is 4.10. The molecule has 0 unspecified atom stereocenters. The number of nitrogens with one attached hydrogen (secondary N) is 1. The third-order valence-corrected chi connectivity index (χ3v) is 2.62. The van der Waals surface area contributed by atoms with E-state index in [0.717, 1.165) is 19.3 Å². The fourth-order valence-corrected chi connectivity index (χ4v) is 1.70. The lowest BCUT2D eigenvalue weighted by Gasteiger charge is -2.22. The highest BCUT2D eigenvalue weighted by molar-refractivity contribution is 6.29. The molecule has 0 spiro atoms. The van der Waals surface area contributed by atoms with Gasteiger partial charge in [0.25, 0.3) is 5.91 Å². The lowest BCUT2D eigenvalue weighted by molar-refractivity contribution is -0.186. The van der Waals surface area contributed by atoms with Gasteiger partial charge in [-0.15, -0.1) is 0 Å². The van der Waals surface area contributed by atoms with Gasteiger partial charge in [-0.1, -0.05) is 11.6 Å². The number of amides is 1. The summed E-state index contributed by atoms with van der Waals surface area (Å²) in [6.45, 7) is 0.668. The Labute approximate surface area is 104 Å². The molecule has 92 valence electrons. The Morgan fingerprint density at radius 1 is 1.59 bits per heavy atom. The Kier molecular flexibility index (Phi) is 4.30. The normalized spacial score (nSPS) is 19.9. The third-order valence-electron chi connectivity index (χ3n) is 2.41. The van der Waals surface area contributed by atoms with Crippen molar-refractivity contribution in [3.8, 4) is 0 Å². The molecule has 1 atom stereocenters. The van der Waals surface area contributed by atoms with Gasteiger partial charge in [0.1, 0.15) is 5.15 Å². The van der Waals surface area contributed by atoms with Crippen molar-refractivity contribution in [2.75, 3.05) is 6.61 Å². The Hall–Kier alpha value is -1.17. The monoisotopic (exact) mass is 256 g/mol. The lowest BCUT2D eigenvalue weighted by Crippen LogP contribution is -2.33. The third kappa shape index (κ3) is 3.66. The Bertz CT molecular complexity index is 394. The summed E-state index contributed by atoms with van der Waals surface area (Å²) in [6.07, 6.45) is 3.98. The van der Waals surface area contributed by atoms with E-state index in [1.54, 1.807) is 6.07 Å². The SMILES string of the molecule is O=C(NO[C@H]1CCCCO1)c1ccnc(Cl)c1. The largest absolute Gasteiger partial charge is 0.350 e. The number of halogens is 1. The highest BCUT2D eigenvalue weighted by Crippen LogP contribution is 2.13. The number of pyridine rings is 1. The van der Waals surface area contributed by atoms with Gasteiger partial charge in [0.05, 0.1) is 0 Å². The molecule has 2 heterocycles. The van der Waals surface area contributed by atoms with E-state index in [1.807, 2.05) is 0 Å². The number of hydroxylamine groups is 1. The van der Waals surface area contributed by atoms with Crippen LogP contribution >= 0.6 is 11.6 Å². The summed E-state index contributed by atoms with van der Waals surface area (Å²) in [5, 5.41) is 0.270. The summed E-state index contributed by atoms with van der Waals surface area (Å²) >= 11 is 5.68. The van der Waals surface area contributed by atoms with Crippen molar-refractivity contribution < 1.29 is 14.4 Å². The molecule has 0 aliphatic carbocycles. The summed E-state index contributed by atoms with van der Waals surface area (Å²) in [6, 6.07) is 3.04. The molecule has 1 aliphatic rings. The average molecular weight is 257 g/mol. The number of carbonyl (C=O) groups is 1. The molecule has 0 radical (unpaired) electrons. The van der Waals surface area contributed by atoms with E-state index < -0.39 is 0 Å². The second kappa shape index (κ2) is 5.95. The quantitative estimate of drug-likeness (QED) is 0.663. The van der Waals surface area contributed by atoms with Gasteiger partial charge in [0.15, 0.2) is 6.29 Å². The minimum Gasteiger partial charge on any atom is -0.350 e. The van der Waals surface area contributed by atoms with Crippen molar-refractivity contribution in [2.24, 2.45) is 0 Å². The standard InChI is InChI=1S/C11H13ClN2O3/c12-9-7-8(4-5-13-9)11(15)14-17-10-3-1-2-6-16-10/h4-5,7,10H,1-3,6H2,(H,14,15)/t10-/m0/s1. The maximum absolute atomic E-state index is 11.7. The van der Waals surface area contributed by atoms with Crippen LogP contribution in [-0.4, -0.2) is 23.8 Å². The summed E-state index contributed by atoms with van der Waals surface area (Å²) in [5.74, 6) is -0.358. The van der Waals surface area contributed by atoms with E-state index in [4.69, 9.17) is 21.2 Å². The summed E-state index contributed by atoms with van der Waals surface area (Å²) in [5.41, 5.74) is 2.75. The molecule has 1 N–H and O–H groups in total. The van der Waals surface area contributed by atoms with Gasteiger partial charge >= 0.3 is 0 Å². The van der Waals surface area contributed by atoms with Gasteiger partial charge in [0, 0.05) is 24.8 Å². The first-order chi connectivity index (χ1) is 8.25. The molecule has 0 bridgehead atoms. The molecule has 1 fully saturated rings. The summed E-state index contributed by atoms with van der Waals surface area (Å²) < 4.78 is 5.31. The zero-order valence-electron chi connectivity index (χ0n) is 9.19. The molecule has 1 aliphatic heterocycles. The molecular formula is C11H13ClN2O3. The predicted octanol–water partition coefficient (Wildman–Crippen LogP) is 1.92. The highest BCUT2D eigenvalue weighted by atomic mass is 35.5. The van der Waals surface area contributed by atoms with Gasteiger partial charge in [-0.05, 0) is 25.0 Å². The van der Waals surface area contributed by atoms with Crippen molar-refractivity contribution in [1.29, 1.82) is 0 Å². The maximum atomic E-state index is 11.7. The van der Waals surface area contributed by atoms with Crippen LogP contribution in [0, 0.1) is 0 Å². The van der Waals surface area contributed by atoms with E-state index in [9.17, 15) is 4.79 Å². The van der Waals surface area contributed by atoms with Gasteiger partial charge in [0.2, 0.25) is 0 Å². The minimum absolute atomic E-state index is 0.270. The van der Waals surface area contributed by atoms with Crippen molar-refractivity contribution in [2.45, 2.75) is 25.6 Å². The van der Waals surface area contributed by atoms with Crippen LogP contribution in [0.4, 0.5) is 0 Å². The van der Waals surface area contributed by atoms with Crippen LogP contribution < -0.4 is 5.48 Å². The zero-order valence-corrected chi connectivity index (χ0v) is 9.94. The predicted molar refractivity (Wildman–Crippen MR) is 61.4 cm³/mol. The number of aromatic nitrogens is 1. The first kappa shape index (κ1) is 12.3. The van der Waals surface area contributed by atoms with Crippen LogP contribution in [0.25, 0.3) is 0 Å². The number of nitrogens with zero attached hydrogens (tertiary/aromatic N) is 1. The van der Waals surface area contributed by atoms with Crippen LogP contribution in [0.3, 0.4) is 0 Å². The molecule has 6 heteroatoms. The molecule has 1 amide bonds. The topological polar surface area (TPSA) is 60.5 Å². The van der Waals surface area contributed by atoms with Crippen molar-refractivity contribution in [3.63, 3.8) is 0 Å². The molecule has 1 aromatic heterocycles. The van der Waals surface area contributed by atoms with E-state index >= 15 is 0 Å². The van der Waals surface area contributed by atoms with Crippen molar-refractivity contribution >= 4 is 17.5 Å². The maximum Gasteiger partial charge on any atom is 0.275 e. The first-order valence-electron chi connectivity index (χ1n) is 5.45. The van der Waals surface area contributed by atoms with Gasteiger partial charge in [-0.2, -0.15) is 0 Å². The molecule has 17 heavy (non-hydrogen) atoms. The number of rotatable bonds is 3. The average Bonchev–Trinajstić information content (AvgIpc) is 2.37. The lowest BCUT2D eigenvalue weighted by atomic mass is 10.2. The number of carbonyl (C=O) groups excluding carboxylic acids is 1. The van der Waals surface area contributed by atoms with Crippen LogP contribution in [-0.2, 0) is 9.57 Å². The van der Waals surface area contributed by atoms with E-state index in [0.29, 0.717) is 12.2 Å². The van der Waals surface area contributed by atoms with Crippen molar-refractivity contribution in [3.05, 3.63) is 29.0 Å².